The fraction of sp³-hybridized carbons (Fsp3) is 0.375. The standard InChI is InChI=1S/C24H27ClN4O2/c1-17-10-12-28-16-21(27-22(28)13-17)24(31)29-11-4-5-18(15-29)8-9-23(30)26-14-19-6-2-3-7-20(19)25/h2-3,6-7,10,12-13,16,18H,4-5,8-9,11,14-15H2,1H3,(H,26,30). The highest BCUT2D eigenvalue weighted by Crippen LogP contribution is 2.23. The normalized spacial score (nSPS) is 16.5. The molecule has 1 fully saturated rings. The zero-order valence-corrected chi connectivity index (χ0v) is 18.4. The molecule has 1 aliphatic heterocycles. The van der Waals surface area contributed by atoms with E-state index in [4.69, 9.17) is 11.6 Å². The van der Waals surface area contributed by atoms with Gasteiger partial charge < -0.3 is 14.6 Å². The maximum absolute atomic E-state index is 13.0. The zero-order valence-electron chi connectivity index (χ0n) is 17.7. The molecular formula is C24H27ClN4O2. The Bertz CT molecular complexity index is 1090. The molecule has 7 heteroatoms. The van der Waals surface area contributed by atoms with Gasteiger partial charge in [0.1, 0.15) is 11.3 Å². The molecule has 4 rings (SSSR count). The molecule has 6 nitrogen and oxygen atoms in total. The maximum atomic E-state index is 13.0. The molecule has 1 saturated heterocycles. The molecule has 1 N–H and O–H groups in total. The van der Waals surface area contributed by atoms with Crippen LogP contribution in [0.25, 0.3) is 5.65 Å². The van der Waals surface area contributed by atoms with Crippen molar-refractivity contribution in [2.24, 2.45) is 5.92 Å². The van der Waals surface area contributed by atoms with E-state index in [1.807, 2.05) is 58.8 Å². The number of aryl methyl sites for hydroxylation is 1. The summed E-state index contributed by atoms with van der Waals surface area (Å²) in [6, 6.07) is 11.5. The van der Waals surface area contributed by atoms with Crippen LogP contribution >= 0.6 is 11.6 Å². The third-order valence-electron chi connectivity index (χ3n) is 5.85. The summed E-state index contributed by atoms with van der Waals surface area (Å²) in [5, 5.41) is 3.60. The van der Waals surface area contributed by atoms with Crippen molar-refractivity contribution in [3.63, 3.8) is 0 Å². The highest BCUT2D eigenvalue weighted by molar-refractivity contribution is 6.31. The number of nitrogens with one attached hydrogen (secondary N) is 1. The number of hydrogen-bond acceptors (Lipinski definition) is 3. The van der Waals surface area contributed by atoms with Crippen LogP contribution in [-0.2, 0) is 11.3 Å². The van der Waals surface area contributed by atoms with Crippen molar-refractivity contribution in [2.75, 3.05) is 13.1 Å². The average molecular weight is 439 g/mol. The smallest absolute Gasteiger partial charge is 0.274 e. The third kappa shape index (κ3) is 5.25. The van der Waals surface area contributed by atoms with E-state index in [1.165, 1.54) is 0 Å². The Kier molecular flexibility index (Phi) is 6.56. The molecule has 0 radical (unpaired) electrons. The molecule has 2 aromatic heterocycles. The van der Waals surface area contributed by atoms with Crippen molar-refractivity contribution >= 4 is 29.1 Å². The van der Waals surface area contributed by atoms with Crippen molar-refractivity contribution in [3.8, 4) is 0 Å². The molecule has 1 aromatic carbocycles. The fourth-order valence-electron chi connectivity index (χ4n) is 4.09. The number of rotatable bonds is 6. The van der Waals surface area contributed by atoms with Crippen LogP contribution in [0.15, 0.2) is 48.8 Å². The number of piperidine rings is 1. The second-order valence-corrected chi connectivity index (χ2v) is 8.67. The largest absolute Gasteiger partial charge is 0.352 e. The van der Waals surface area contributed by atoms with Crippen LogP contribution in [-0.4, -0.2) is 39.2 Å². The summed E-state index contributed by atoms with van der Waals surface area (Å²) in [7, 11) is 0. The summed E-state index contributed by atoms with van der Waals surface area (Å²) in [5.41, 5.74) is 3.29. The lowest BCUT2D eigenvalue weighted by Crippen LogP contribution is -2.40. The van der Waals surface area contributed by atoms with Gasteiger partial charge in [-0.25, -0.2) is 4.98 Å². The van der Waals surface area contributed by atoms with E-state index < -0.39 is 0 Å². The number of amides is 2. The van der Waals surface area contributed by atoms with Crippen molar-refractivity contribution < 1.29 is 9.59 Å². The third-order valence-corrected chi connectivity index (χ3v) is 6.22. The Morgan fingerprint density at radius 2 is 2.10 bits per heavy atom. The maximum Gasteiger partial charge on any atom is 0.274 e. The van der Waals surface area contributed by atoms with E-state index >= 15 is 0 Å². The van der Waals surface area contributed by atoms with Crippen LogP contribution < -0.4 is 5.32 Å². The van der Waals surface area contributed by atoms with Crippen LogP contribution in [0.4, 0.5) is 0 Å². The number of imidazole rings is 1. The van der Waals surface area contributed by atoms with E-state index in [2.05, 4.69) is 10.3 Å². The van der Waals surface area contributed by atoms with Gasteiger partial charge in [0.05, 0.1) is 0 Å². The number of halogens is 1. The number of carbonyl (C=O) groups is 2. The van der Waals surface area contributed by atoms with Crippen molar-refractivity contribution in [1.29, 1.82) is 0 Å². The second kappa shape index (κ2) is 9.52. The lowest BCUT2D eigenvalue weighted by molar-refractivity contribution is -0.121. The number of fused-ring (bicyclic) bond motifs is 1. The number of likely N-dealkylation sites (tertiary alicyclic amines) is 1. The molecule has 0 saturated carbocycles. The van der Waals surface area contributed by atoms with E-state index in [0.717, 1.165) is 42.6 Å². The van der Waals surface area contributed by atoms with E-state index in [-0.39, 0.29) is 11.8 Å². The Morgan fingerprint density at radius 1 is 1.26 bits per heavy atom. The van der Waals surface area contributed by atoms with Crippen LogP contribution in [0, 0.1) is 12.8 Å². The van der Waals surface area contributed by atoms with Crippen LogP contribution in [0.1, 0.15) is 47.3 Å². The minimum Gasteiger partial charge on any atom is -0.352 e. The van der Waals surface area contributed by atoms with Crippen LogP contribution in [0.2, 0.25) is 5.02 Å². The molecule has 1 unspecified atom stereocenters. The molecule has 162 valence electrons. The first kappa shape index (κ1) is 21.4. The monoisotopic (exact) mass is 438 g/mol. The van der Waals surface area contributed by atoms with Gasteiger partial charge in [-0.3, -0.25) is 9.59 Å². The van der Waals surface area contributed by atoms with Crippen LogP contribution in [0.5, 0.6) is 0 Å². The van der Waals surface area contributed by atoms with Gasteiger partial charge in [-0.1, -0.05) is 29.8 Å². The van der Waals surface area contributed by atoms with Crippen molar-refractivity contribution in [1.82, 2.24) is 19.6 Å². The van der Waals surface area contributed by atoms with Gasteiger partial charge in [0.15, 0.2) is 0 Å². The van der Waals surface area contributed by atoms with Crippen molar-refractivity contribution in [3.05, 3.63) is 70.6 Å². The Labute approximate surface area is 187 Å². The Balaban J connectivity index is 1.29. The van der Waals surface area contributed by atoms with Gasteiger partial charge in [0, 0.05) is 43.5 Å². The van der Waals surface area contributed by atoms with E-state index in [9.17, 15) is 9.59 Å². The van der Waals surface area contributed by atoms with Crippen molar-refractivity contribution in [2.45, 2.75) is 39.2 Å². The van der Waals surface area contributed by atoms with Gasteiger partial charge in [-0.2, -0.15) is 0 Å². The Morgan fingerprint density at radius 3 is 2.94 bits per heavy atom. The molecule has 0 aliphatic carbocycles. The molecule has 3 heterocycles. The molecule has 0 bridgehead atoms. The van der Waals surface area contributed by atoms with E-state index in [1.54, 1.807) is 6.20 Å². The van der Waals surface area contributed by atoms with Gasteiger partial charge in [0.25, 0.3) is 5.91 Å². The van der Waals surface area contributed by atoms with Gasteiger partial charge in [0.2, 0.25) is 5.91 Å². The fourth-order valence-corrected chi connectivity index (χ4v) is 4.30. The molecular weight excluding hydrogens is 412 g/mol. The molecule has 1 atom stereocenters. The summed E-state index contributed by atoms with van der Waals surface area (Å²) in [6.07, 6.45) is 6.92. The number of carbonyl (C=O) groups excluding carboxylic acids is 2. The first-order valence-corrected chi connectivity index (χ1v) is 11.1. The van der Waals surface area contributed by atoms with Gasteiger partial charge in [-0.05, 0) is 61.4 Å². The number of benzene rings is 1. The summed E-state index contributed by atoms with van der Waals surface area (Å²) >= 11 is 6.14. The second-order valence-electron chi connectivity index (χ2n) is 8.26. The minimum atomic E-state index is -0.0331. The highest BCUT2D eigenvalue weighted by atomic mass is 35.5. The molecule has 3 aromatic rings. The first-order valence-electron chi connectivity index (χ1n) is 10.7. The predicted molar refractivity (Wildman–Crippen MR) is 121 cm³/mol. The molecule has 2 amide bonds. The SMILES string of the molecule is Cc1ccn2cc(C(=O)N3CCCC(CCC(=O)NCc4ccccc4Cl)C3)nc2c1. The number of aromatic nitrogens is 2. The number of hydrogen-bond donors (Lipinski definition) is 1. The zero-order chi connectivity index (χ0) is 21.8. The molecule has 31 heavy (non-hydrogen) atoms. The van der Waals surface area contributed by atoms with Crippen LogP contribution in [0.3, 0.4) is 0 Å². The predicted octanol–water partition coefficient (Wildman–Crippen LogP) is 4.24. The summed E-state index contributed by atoms with van der Waals surface area (Å²) in [6.45, 7) is 3.85. The lowest BCUT2D eigenvalue weighted by Gasteiger charge is -2.32. The number of pyridine rings is 1. The quantitative estimate of drug-likeness (QED) is 0.625. The topological polar surface area (TPSA) is 66.7 Å². The minimum absolute atomic E-state index is 0.0130. The highest BCUT2D eigenvalue weighted by Gasteiger charge is 2.26. The Hall–Kier alpha value is -2.86. The van der Waals surface area contributed by atoms with Gasteiger partial charge in [-0.15, -0.1) is 0 Å². The van der Waals surface area contributed by atoms with E-state index in [0.29, 0.717) is 36.1 Å². The average Bonchev–Trinajstić information content (AvgIpc) is 3.20. The number of nitrogens with zero attached hydrogens (tertiary/aromatic N) is 3. The molecule has 1 aliphatic rings. The van der Waals surface area contributed by atoms with Gasteiger partial charge >= 0.3 is 0 Å². The molecule has 0 spiro atoms. The summed E-state index contributed by atoms with van der Waals surface area (Å²) in [4.78, 5) is 31.7. The summed E-state index contributed by atoms with van der Waals surface area (Å²) in [5.74, 6) is 0.302. The summed E-state index contributed by atoms with van der Waals surface area (Å²) < 4.78 is 1.88. The first-order chi connectivity index (χ1) is 15.0. The lowest BCUT2D eigenvalue weighted by atomic mass is 9.93.